The van der Waals surface area contributed by atoms with Crippen molar-refractivity contribution in [3.05, 3.63) is 54.6 Å². The molecule has 0 radical (unpaired) electrons. The van der Waals surface area contributed by atoms with Crippen molar-refractivity contribution in [2.24, 2.45) is 0 Å². The number of hydrogen-bond acceptors (Lipinski definition) is 5. The molecule has 0 saturated carbocycles. The molecule has 1 fully saturated rings. The molecule has 0 spiro atoms. The molecule has 0 atom stereocenters. The van der Waals surface area contributed by atoms with E-state index in [4.69, 9.17) is 0 Å². The van der Waals surface area contributed by atoms with Gasteiger partial charge in [0, 0.05) is 32.9 Å². The minimum Gasteiger partial charge on any atom is -0.325 e. The Morgan fingerprint density at radius 2 is 1.45 bits per heavy atom. The number of anilines is 2. The molecule has 1 aliphatic rings. The lowest BCUT2D eigenvalue weighted by atomic mass is 10.2. The Morgan fingerprint density at radius 3 is 2.00 bits per heavy atom. The number of carbonyl (C=O) groups is 1. The number of sulfonamides is 1. The fourth-order valence-corrected chi connectivity index (χ4v) is 6.15. The van der Waals surface area contributed by atoms with Gasteiger partial charge in [0.2, 0.25) is 15.9 Å². The fourth-order valence-electron chi connectivity index (χ4n) is 3.57. The molecule has 1 heterocycles. The van der Waals surface area contributed by atoms with Gasteiger partial charge in [-0.25, -0.2) is 12.7 Å². The number of benzene rings is 2. The Hall–Kier alpha value is -2.47. The average Bonchev–Trinajstić information content (AvgIpc) is 3.08. The van der Waals surface area contributed by atoms with E-state index in [0.29, 0.717) is 24.5 Å². The third-order valence-electron chi connectivity index (χ3n) is 5.41. The molecule has 9 nitrogen and oxygen atoms in total. The van der Waals surface area contributed by atoms with Gasteiger partial charge in [0.25, 0.3) is 0 Å². The summed E-state index contributed by atoms with van der Waals surface area (Å²) in [6.07, 6.45) is 3.75. The molecule has 1 aliphatic heterocycles. The molecule has 2 aromatic rings. The molecule has 1 saturated heterocycles. The van der Waals surface area contributed by atoms with E-state index in [1.165, 1.54) is 42.7 Å². The zero-order valence-electron chi connectivity index (χ0n) is 18.8. The molecule has 3 rings (SSSR count). The van der Waals surface area contributed by atoms with Crippen LogP contribution in [0.4, 0.5) is 11.4 Å². The number of nitrogens with zero attached hydrogens (tertiary/aromatic N) is 3. The van der Waals surface area contributed by atoms with Gasteiger partial charge in [-0.15, -0.1) is 0 Å². The summed E-state index contributed by atoms with van der Waals surface area (Å²) in [6.45, 7) is 0.589. The minimum absolute atomic E-state index is 0.170. The Kier molecular flexibility index (Phi) is 8.11. The van der Waals surface area contributed by atoms with Gasteiger partial charge in [-0.1, -0.05) is 31.0 Å². The minimum atomic E-state index is -3.90. The maximum atomic E-state index is 12.9. The van der Waals surface area contributed by atoms with E-state index < -0.39 is 32.7 Å². The van der Waals surface area contributed by atoms with Gasteiger partial charge in [0.15, 0.2) is 0 Å². The lowest BCUT2D eigenvalue weighted by molar-refractivity contribution is -0.114. The van der Waals surface area contributed by atoms with Crippen molar-refractivity contribution >= 4 is 37.5 Å². The molecule has 180 valence electrons. The van der Waals surface area contributed by atoms with Crippen molar-refractivity contribution in [1.29, 1.82) is 0 Å². The summed E-state index contributed by atoms with van der Waals surface area (Å²) < 4.78 is 54.9. The predicted molar refractivity (Wildman–Crippen MR) is 129 cm³/mol. The zero-order chi connectivity index (χ0) is 24.1. The molecule has 0 aromatic heterocycles. The van der Waals surface area contributed by atoms with Crippen LogP contribution >= 0.6 is 0 Å². The molecule has 2 aromatic carbocycles. The van der Waals surface area contributed by atoms with E-state index in [9.17, 15) is 21.6 Å². The Labute approximate surface area is 196 Å². The highest BCUT2D eigenvalue weighted by Crippen LogP contribution is 2.23. The summed E-state index contributed by atoms with van der Waals surface area (Å²) in [5.41, 5.74) is 0.741. The van der Waals surface area contributed by atoms with Crippen LogP contribution in [-0.4, -0.2) is 65.1 Å². The van der Waals surface area contributed by atoms with E-state index in [2.05, 4.69) is 5.32 Å². The standard InChI is InChI=1S/C22H30N4O5S2/c1-24(2)33(30,31)26(20-10-6-5-7-11-20)18-22(27)23-19-12-14-21(15-13-19)32(28,29)25-16-8-3-4-9-17-25/h5-7,10-15H,3-4,8-9,16-18H2,1-2H3,(H,23,27). The number of rotatable bonds is 8. The van der Waals surface area contributed by atoms with E-state index in [-0.39, 0.29) is 4.90 Å². The van der Waals surface area contributed by atoms with Gasteiger partial charge in [0.1, 0.15) is 6.54 Å². The number of nitrogens with one attached hydrogen (secondary N) is 1. The summed E-state index contributed by atoms with van der Waals surface area (Å²) >= 11 is 0. The normalized spacial score (nSPS) is 15.7. The molecular weight excluding hydrogens is 464 g/mol. The second kappa shape index (κ2) is 10.6. The van der Waals surface area contributed by atoms with E-state index >= 15 is 0 Å². The van der Waals surface area contributed by atoms with Crippen LogP contribution < -0.4 is 9.62 Å². The molecule has 33 heavy (non-hydrogen) atoms. The zero-order valence-corrected chi connectivity index (χ0v) is 20.5. The lowest BCUT2D eigenvalue weighted by Gasteiger charge is -2.26. The van der Waals surface area contributed by atoms with Gasteiger partial charge < -0.3 is 5.32 Å². The molecule has 1 N–H and O–H groups in total. The predicted octanol–water partition coefficient (Wildman–Crippen LogP) is 2.50. The highest BCUT2D eigenvalue weighted by Gasteiger charge is 2.28. The summed E-state index contributed by atoms with van der Waals surface area (Å²) in [4.78, 5) is 12.8. The highest BCUT2D eigenvalue weighted by molar-refractivity contribution is 7.90. The number of para-hydroxylation sites is 1. The topological polar surface area (TPSA) is 107 Å². The smallest absolute Gasteiger partial charge is 0.304 e. The molecule has 1 amide bonds. The summed E-state index contributed by atoms with van der Waals surface area (Å²) in [6, 6.07) is 14.3. The van der Waals surface area contributed by atoms with Gasteiger partial charge in [-0.05, 0) is 49.2 Å². The Morgan fingerprint density at radius 1 is 0.879 bits per heavy atom. The van der Waals surface area contributed by atoms with Crippen molar-refractivity contribution in [3.63, 3.8) is 0 Å². The van der Waals surface area contributed by atoms with Gasteiger partial charge in [-0.3, -0.25) is 4.79 Å². The molecule has 0 unspecified atom stereocenters. The number of amides is 1. The summed E-state index contributed by atoms with van der Waals surface area (Å²) in [5.74, 6) is -0.549. The van der Waals surface area contributed by atoms with E-state index in [0.717, 1.165) is 34.3 Å². The summed E-state index contributed by atoms with van der Waals surface area (Å²) in [7, 11) is -4.70. The van der Waals surface area contributed by atoms with Crippen LogP contribution in [0.25, 0.3) is 0 Å². The first kappa shape index (κ1) is 25.2. The SMILES string of the molecule is CN(C)S(=O)(=O)N(CC(=O)Nc1ccc(S(=O)(=O)N2CCCCCC2)cc1)c1ccccc1. The largest absolute Gasteiger partial charge is 0.325 e. The van der Waals surface area contributed by atoms with E-state index in [1.807, 2.05) is 0 Å². The molecule has 11 heteroatoms. The van der Waals surface area contributed by atoms with Crippen LogP contribution in [0.1, 0.15) is 25.7 Å². The third-order valence-corrected chi connectivity index (χ3v) is 9.14. The second-order valence-electron chi connectivity index (χ2n) is 8.02. The quantitative estimate of drug-likeness (QED) is 0.607. The average molecular weight is 495 g/mol. The summed E-state index contributed by atoms with van der Waals surface area (Å²) in [5, 5.41) is 2.65. The van der Waals surface area contributed by atoms with Crippen molar-refractivity contribution < 1.29 is 21.6 Å². The van der Waals surface area contributed by atoms with Crippen molar-refractivity contribution in [3.8, 4) is 0 Å². The highest BCUT2D eigenvalue weighted by atomic mass is 32.2. The van der Waals surface area contributed by atoms with Crippen molar-refractivity contribution in [1.82, 2.24) is 8.61 Å². The Balaban J connectivity index is 1.73. The van der Waals surface area contributed by atoms with Crippen LogP contribution in [0.2, 0.25) is 0 Å². The second-order valence-corrected chi connectivity index (χ2v) is 12.0. The van der Waals surface area contributed by atoms with Gasteiger partial charge >= 0.3 is 10.2 Å². The van der Waals surface area contributed by atoms with Crippen molar-refractivity contribution in [2.75, 3.05) is 43.4 Å². The first-order valence-corrected chi connectivity index (χ1v) is 13.6. The Bertz CT molecular complexity index is 1140. The van der Waals surface area contributed by atoms with Gasteiger partial charge in [0.05, 0.1) is 10.6 Å². The molecule has 0 bridgehead atoms. The van der Waals surface area contributed by atoms with Crippen LogP contribution in [-0.2, 0) is 25.0 Å². The van der Waals surface area contributed by atoms with Crippen LogP contribution in [0.15, 0.2) is 59.5 Å². The molecule has 0 aliphatic carbocycles. The molecular formula is C22H30N4O5S2. The van der Waals surface area contributed by atoms with Crippen molar-refractivity contribution in [2.45, 2.75) is 30.6 Å². The first-order valence-electron chi connectivity index (χ1n) is 10.8. The lowest BCUT2D eigenvalue weighted by Crippen LogP contribution is -2.44. The number of carbonyl (C=O) groups excluding carboxylic acids is 1. The number of hydrogen-bond donors (Lipinski definition) is 1. The third kappa shape index (κ3) is 6.11. The van der Waals surface area contributed by atoms with Crippen LogP contribution in [0.3, 0.4) is 0 Å². The van der Waals surface area contributed by atoms with Gasteiger partial charge in [-0.2, -0.15) is 17.0 Å². The van der Waals surface area contributed by atoms with Crippen LogP contribution in [0, 0.1) is 0 Å². The fraction of sp³-hybridized carbons (Fsp3) is 0.409. The maximum Gasteiger partial charge on any atom is 0.304 e. The first-order chi connectivity index (χ1) is 15.6. The van der Waals surface area contributed by atoms with E-state index in [1.54, 1.807) is 30.3 Å². The maximum absolute atomic E-state index is 12.9. The van der Waals surface area contributed by atoms with Crippen LogP contribution in [0.5, 0.6) is 0 Å². The monoisotopic (exact) mass is 494 g/mol.